The lowest BCUT2D eigenvalue weighted by molar-refractivity contribution is 0.796. The predicted molar refractivity (Wildman–Crippen MR) is 61.0 cm³/mol. The lowest BCUT2D eigenvalue weighted by atomic mass is 10.1. The molecule has 3 aromatic rings. The van der Waals surface area contributed by atoms with E-state index in [0.717, 1.165) is 21.8 Å². The van der Waals surface area contributed by atoms with Crippen molar-refractivity contribution in [2.24, 2.45) is 7.05 Å². The Labute approximate surface area is 91.3 Å². The summed E-state index contributed by atoms with van der Waals surface area (Å²) in [5.41, 5.74) is 1.79. The third-order valence-corrected chi connectivity index (χ3v) is 2.81. The zero-order valence-corrected chi connectivity index (χ0v) is 8.86. The van der Waals surface area contributed by atoms with Crippen LogP contribution in [-0.2, 0) is 7.05 Å². The zero-order valence-electron chi connectivity index (χ0n) is 8.11. The van der Waals surface area contributed by atoms with E-state index in [-0.39, 0.29) is 0 Å². The molecular formula is C11H8ClN3. The van der Waals surface area contributed by atoms with Crippen molar-refractivity contribution in [1.82, 2.24) is 14.8 Å². The minimum atomic E-state index is 0.503. The fourth-order valence-corrected chi connectivity index (χ4v) is 2.15. The molecule has 0 aliphatic heterocycles. The van der Waals surface area contributed by atoms with Gasteiger partial charge < -0.3 is 0 Å². The van der Waals surface area contributed by atoms with E-state index in [9.17, 15) is 0 Å². The number of aryl methyl sites for hydroxylation is 1. The molecule has 3 nitrogen and oxygen atoms in total. The molecule has 0 N–H and O–H groups in total. The highest BCUT2D eigenvalue weighted by Gasteiger charge is 2.09. The maximum absolute atomic E-state index is 6.11. The van der Waals surface area contributed by atoms with Crippen LogP contribution in [0, 0.1) is 0 Å². The van der Waals surface area contributed by atoms with Crippen LogP contribution in [0.3, 0.4) is 0 Å². The van der Waals surface area contributed by atoms with Gasteiger partial charge in [-0.05, 0) is 6.07 Å². The molecule has 3 rings (SSSR count). The molecule has 0 unspecified atom stereocenters. The fourth-order valence-electron chi connectivity index (χ4n) is 1.84. The number of hydrogen-bond donors (Lipinski definition) is 0. The van der Waals surface area contributed by atoms with Gasteiger partial charge in [0.05, 0.1) is 11.7 Å². The van der Waals surface area contributed by atoms with Gasteiger partial charge in [0, 0.05) is 17.8 Å². The molecule has 0 aliphatic rings. The van der Waals surface area contributed by atoms with Gasteiger partial charge in [0.25, 0.3) is 0 Å². The molecule has 2 heterocycles. The predicted octanol–water partition coefficient (Wildman–Crippen LogP) is 2.77. The Morgan fingerprint density at radius 3 is 2.87 bits per heavy atom. The lowest BCUT2D eigenvalue weighted by Crippen LogP contribution is -1.91. The molecule has 2 aromatic heterocycles. The fraction of sp³-hybridized carbons (Fsp3) is 0.0909. The average molecular weight is 218 g/mol. The molecule has 0 radical (unpaired) electrons. The van der Waals surface area contributed by atoms with E-state index in [1.54, 1.807) is 4.68 Å². The highest BCUT2D eigenvalue weighted by Crippen LogP contribution is 2.28. The van der Waals surface area contributed by atoms with E-state index in [1.165, 1.54) is 0 Å². The van der Waals surface area contributed by atoms with Gasteiger partial charge in [-0.1, -0.05) is 29.8 Å². The molecule has 4 heteroatoms. The van der Waals surface area contributed by atoms with Crippen LogP contribution < -0.4 is 0 Å². The number of para-hydroxylation sites is 1. The van der Waals surface area contributed by atoms with E-state index in [4.69, 9.17) is 11.6 Å². The number of rotatable bonds is 0. The number of halogens is 1. The Hall–Kier alpha value is -1.61. The molecule has 0 saturated carbocycles. The molecule has 0 fully saturated rings. The number of benzene rings is 1. The number of hydrogen-bond acceptors (Lipinski definition) is 2. The molecular weight excluding hydrogens is 210 g/mol. The molecule has 0 spiro atoms. The zero-order chi connectivity index (χ0) is 10.4. The number of fused-ring (bicyclic) bond motifs is 3. The maximum atomic E-state index is 6.11. The largest absolute Gasteiger partial charge is 0.265 e. The van der Waals surface area contributed by atoms with Crippen LogP contribution in [0.5, 0.6) is 0 Å². The Morgan fingerprint density at radius 1 is 1.20 bits per heavy atom. The SMILES string of the molecule is Cn1ncc2c3ccccc3nc(Cl)c21. The first-order chi connectivity index (χ1) is 7.27. The maximum Gasteiger partial charge on any atom is 0.155 e. The first kappa shape index (κ1) is 8.68. The van der Waals surface area contributed by atoms with Gasteiger partial charge in [0.2, 0.25) is 0 Å². The quantitative estimate of drug-likeness (QED) is 0.542. The summed E-state index contributed by atoms with van der Waals surface area (Å²) in [6.45, 7) is 0. The molecule has 74 valence electrons. The van der Waals surface area contributed by atoms with Gasteiger partial charge in [0.15, 0.2) is 5.15 Å². The molecule has 0 saturated heterocycles. The van der Waals surface area contributed by atoms with Gasteiger partial charge in [-0.3, -0.25) is 4.68 Å². The summed E-state index contributed by atoms with van der Waals surface area (Å²) in [5.74, 6) is 0. The van der Waals surface area contributed by atoms with Crippen molar-refractivity contribution in [1.29, 1.82) is 0 Å². The average Bonchev–Trinajstić information content (AvgIpc) is 2.62. The summed E-state index contributed by atoms with van der Waals surface area (Å²) in [7, 11) is 1.87. The second-order valence-electron chi connectivity index (χ2n) is 3.45. The summed E-state index contributed by atoms with van der Waals surface area (Å²) in [5, 5.41) is 6.84. The smallest absolute Gasteiger partial charge is 0.155 e. The second kappa shape index (κ2) is 2.94. The van der Waals surface area contributed by atoms with Crippen molar-refractivity contribution < 1.29 is 0 Å². The Kier molecular flexibility index (Phi) is 1.70. The van der Waals surface area contributed by atoms with Crippen molar-refractivity contribution in [3.8, 4) is 0 Å². The first-order valence-electron chi connectivity index (χ1n) is 4.63. The van der Waals surface area contributed by atoms with E-state index in [0.29, 0.717) is 5.15 Å². The van der Waals surface area contributed by atoms with E-state index < -0.39 is 0 Å². The van der Waals surface area contributed by atoms with Crippen molar-refractivity contribution >= 4 is 33.4 Å². The molecule has 0 amide bonds. The molecule has 0 aliphatic carbocycles. The lowest BCUT2D eigenvalue weighted by Gasteiger charge is -2.01. The summed E-state index contributed by atoms with van der Waals surface area (Å²) >= 11 is 6.11. The van der Waals surface area contributed by atoms with Crippen molar-refractivity contribution in [3.05, 3.63) is 35.6 Å². The minimum Gasteiger partial charge on any atom is -0.265 e. The summed E-state index contributed by atoms with van der Waals surface area (Å²) in [6.07, 6.45) is 1.82. The minimum absolute atomic E-state index is 0.503. The topological polar surface area (TPSA) is 30.7 Å². The van der Waals surface area contributed by atoms with Crippen LogP contribution in [-0.4, -0.2) is 14.8 Å². The van der Waals surface area contributed by atoms with Gasteiger partial charge in [-0.25, -0.2) is 4.98 Å². The molecule has 1 aromatic carbocycles. The second-order valence-corrected chi connectivity index (χ2v) is 3.81. The van der Waals surface area contributed by atoms with Crippen LogP contribution in [0.1, 0.15) is 0 Å². The van der Waals surface area contributed by atoms with Crippen LogP contribution in [0.25, 0.3) is 21.8 Å². The first-order valence-corrected chi connectivity index (χ1v) is 5.01. The number of aromatic nitrogens is 3. The summed E-state index contributed by atoms with van der Waals surface area (Å²) < 4.78 is 1.75. The third kappa shape index (κ3) is 1.13. The van der Waals surface area contributed by atoms with Gasteiger partial charge in [0.1, 0.15) is 5.52 Å². The highest BCUT2D eigenvalue weighted by molar-refractivity contribution is 6.35. The molecule has 0 atom stereocenters. The van der Waals surface area contributed by atoms with Crippen LogP contribution >= 0.6 is 11.6 Å². The Balaban J connectivity index is 2.65. The number of nitrogens with zero attached hydrogens (tertiary/aromatic N) is 3. The highest BCUT2D eigenvalue weighted by atomic mass is 35.5. The van der Waals surface area contributed by atoms with E-state index in [2.05, 4.69) is 10.1 Å². The Morgan fingerprint density at radius 2 is 2.00 bits per heavy atom. The summed E-state index contributed by atoms with van der Waals surface area (Å²) in [4.78, 5) is 4.34. The van der Waals surface area contributed by atoms with Crippen molar-refractivity contribution in [2.75, 3.05) is 0 Å². The summed E-state index contributed by atoms with van der Waals surface area (Å²) in [6, 6.07) is 7.93. The molecule has 0 bridgehead atoms. The van der Waals surface area contributed by atoms with Crippen molar-refractivity contribution in [3.63, 3.8) is 0 Å². The van der Waals surface area contributed by atoms with Gasteiger partial charge in [-0.15, -0.1) is 0 Å². The van der Waals surface area contributed by atoms with Crippen LogP contribution in [0.15, 0.2) is 30.5 Å². The van der Waals surface area contributed by atoms with Crippen molar-refractivity contribution in [2.45, 2.75) is 0 Å². The van der Waals surface area contributed by atoms with Crippen LogP contribution in [0.4, 0.5) is 0 Å². The van der Waals surface area contributed by atoms with Gasteiger partial charge >= 0.3 is 0 Å². The standard InChI is InChI=1S/C11H8ClN3/c1-15-10-8(6-13-15)7-4-2-3-5-9(7)14-11(10)12/h2-6H,1H3. The van der Waals surface area contributed by atoms with Gasteiger partial charge in [-0.2, -0.15) is 5.10 Å². The molecule has 15 heavy (non-hydrogen) atoms. The van der Waals surface area contributed by atoms with Crippen LogP contribution in [0.2, 0.25) is 5.15 Å². The van der Waals surface area contributed by atoms with E-state index in [1.807, 2.05) is 37.5 Å². The third-order valence-electron chi connectivity index (χ3n) is 2.55. The monoisotopic (exact) mass is 217 g/mol. The normalized spacial score (nSPS) is 11.3. The Bertz CT molecular complexity index is 657. The number of pyridine rings is 1. The van der Waals surface area contributed by atoms with E-state index >= 15 is 0 Å².